The quantitative estimate of drug-likeness (QED) is 0.579. The molecule has 11 heavy (non-hydrogen) atoms. The monoisotopic (exact) mass is 157 g/mol. The van der Waals surface area contributed by atoms with Gasteiger partial charge in [-0.05, 0) is 5.57 Å². The Morgan fingerprint density at radius 3 is 2.64 bits per heavy atom. The number of aliphatic hydroxyl groups excluding tert-OH is 1. The van der Waals surface area contributed by atoms with Crippen LogP contribution in [0.25, 0.3) is 0 Å². The first-order chi connectivity index (χ1) is 5.33. The van der Waals surface area contributed by atoms with Crippen LogP contribution in [0.15, 0.2) is 12.2 Å². The van der Waals surface area contributed by atoms with Gasteiger partial charge in [-0.2, -0.15) is 0 Å². The number of nitrogens with zero attached hydrogens (tertiary/aromatic N) is 1. The first-order valence-corrected chi connectivity index (χ1v) is 3.90. The lowest BCUT2D eigenvalue weighted by Crippen LogP contribution is -2.37. The van der Waals surface area contributed by atoms with E-state index in [0.29, 0.717) is 0 Å². The Morgan fingerprint density at radius 1 is 1.45 bits per heavy atom. The molecule has 0 bridgehead atoms. The number of rotatable bonds is 3. The number of hydrogen-bond donors (Lipinski definition) is 1. The molecule has 0 atom stereocenters. The molecular formula is C8H15NO2. The third-order valence-corrected chi connectivity index (χ3v) is 1.77. The Balaban J connectivity index is 2.19. The predicted octanol–water partition coefficient (Wildman–Crippen LogP) is -0.133. The first-order valence-electron chi connectivity index (χ1n) is 3.90. The van der Waals surface area contributed by atoms with Crippen LogP contribution in [-0.2, 0) is 4.74 Å². The second kappa shape index (κ2) is 4.49. The van der Waals surface area contributed by atoms with E-state index in [-0.39, 0.29) is 6.61 Å². The summed E-state index contributed by atoms with van der Waals surface area (Å²) in [5.74, 6) is 0. The van der Waals surface area contributed by atoms with Gasteiger partial charge in [-0.1, -0.05) is 6.58 Å². The Hall–Kier alpha value is -0.380. The average molecular weight is 157 g/mol. The molecule has 0 aliphatic carbocycles. The standard InChI is InChI=1S/C8H15NO2/c1-8(7-10)6-9-2-4-11-5-3-9/h10H,1-7H2. The molecule has 1 aliphatic rings. The Morgan fingerprint density at radius 2 is 2.09 bits per heavy atom. The maximum absolute atomic E-state index is 8.71. The minimum Gasteiger partial charge on any atom is -0.392 e. The highest BCUT2D eigenvalue weighted by Crippen LogP contribution is 1.99. The van der Waals surface area contributed by atoms with Gasteiger partial charge < -0.3 is 9.84 Å². The van der Waals surface area contributed by atoms with Crippen molar-refractivity contribution in [2.75, 3.05) is 39.5 Å². The largest absolute Gasteiger partial charge is 0.392 e. The molecule has 0 aromatic heterocycles. The molecule has 1 N–H and O–H groups in total. The molecule has 3 nitrogen and oxygen atoms in total. The van der Waals surface area contributed by atoms with Gasteiger partial charge in [0.1, 0.15) is 0 Å². The van der Waals surface area contributed by atoms with Gasteiger partial charge in [-0.25, -0.2) is 0 Å². The van der Waals surface area contributed by atoms with Crippen molar-refractivity contribution in [3.63, 3.8) is 0 Å². The van der Waals surface area contributed by atoms with E-state index < -0.39 is 0 Å². The van der Waals surface area contributed by atoms with E-state index in [1.165, 1.54) is 0 Å². The zero-order valence-electron chi connectivity index (χ0n) is 6.75. The molecule has 1 heterocycles. The van der Waals surface area contributed by atoms with Crippen molar-refractivity contribution in [3.8, 4) is 0 Å². The fraction of sp³-hybridized carbons (Fsp3) is 0.750. The number of aliphatic hydroxyl groups is 1. The average Bonchev–Trinajstić information content (AvgIpc) is 2.06. The van der Waals surface area contributed by atoms with Crippen LogP contribution in [0.5, 0.6) is 0 Å². The van der Waals surface area contributed by atoms with Gasteiger partial charge in [-0.3, -0.25) is 4.90 Å². The number of hydrogen-bond acceptors (Lipinski definition) is 3. The summed E-state index contributed by atoms with van der Waals surface area (Å²) < 4.78 is 5.18. The third kappa shape index (κ3) is 3.01. The summed E-state index contributed by atoms with van der Waals surface area (Å²) in [6.07, 6.45) is 0. The molecule has 0 saturated carbocycles. The van der Waals surface area contributed by atoms with Crippen molar-refractivity contribution < 1.29 is 9.84 Å². The fourth-order valence-electron chi connectivity index (χ4n) is 1.13. The summed E-state index contributed by atoms with van der Waals surface area (Å²) in [5, 5.41) is 8.71. The van der Waals surface area contributed by atoms with E-state index in [4.69, 9.17) is 9.84 Å². The number of ether oxygens (including phenoxy) is 1. The smallest absolute Gasteiger partial charge is 0.0651 e. The fourth-order valence-corrected chi connectivity index (χ4v) is 1.13. The van der Waals surface area contributed by atoms with Gasteiger partial charge in [0, 0.05) is 19.6 Å². The second-order valence-electron chi connectivity index (χ2n) is 2.80. The highest BCUT2D eigenvalue weighted by Gasteiger charge is 2.09. The molecule has 0 aromatic rings. The van der Waals surface area contributed by atoms with Crippen LogP contribution in [0.3, 0.4) is 0 Å². The van der Waals surface area contributed by atoms with Crippen LogP contribution in [0.4, 0.5) is 0 Å². The molecule has 0 spiro atoms. The van der Waals surface area contributed by atoms with Gasteiger partial charge in [0.25, 0.3) is 0 Å². The Bertz CT molecular complexity index is 130. The molecule has 0 aromatic carbocycles. The lowest BCUT2D eigenvalue weighted by molar-refractivity contribution is 0.0412. The van der Waals surface area contributed by atoms with E-state index in [0.717, 1.165) is 38.4 Å². The molecule has 0 radical (unpaired) electrons. The van der Waals surface area contributed by atoms with E-state index in [1.807, 2.05) is 0 Å². The molecule has 1 fully saturated rings. The number of morpholine rings is 1. The SMILES string of the molecule is C=C(CO)CN1CCOCC1. The van der Waals surface area contributed by atoms with Crippen LogP contribution in [0.1, 0.15) is 0 Å². The lowest BCUT2D eigenvalue weighted by Gasteiger charge is -2.26. The minimum absolute atomic E-state index is 0.0946. The Labute approximate surface area is 67.3 Å². The molecular weight excluding hydrogens is 142 g/mol. The topological polar surface area (TPSA) is 32.7 Å². The minimum atomic E-state index is 0.0946. The van der Waals surface area contributed by atoms with Crippen molar-refractivity contribution >= 4 is 0 Å². The second-order valence-corrected chi connectivity index (χ2v) is 2.80. The van der Waals surface area contributed by atoms with Crippen LogP contribution >= 0.6 is 0 Å². The zero-order chi connectivity index (χ0) is 8.10. The summed E-state index contributed by atoms with van der Waals surface area (Å²) in [5.41, 5.74) is 0.881. The van der Waals surface area contributed by atoms with Crippen molar-refractivity contribution in [1.29, 1.82) is 0 Å². The molecule has 64 valence electrons. The van der Waals surface area contributed by atoms with Gasteiger partial charge in [-0.15, -0.1) is 0 Å². The molecule has 1 saturated heterocycles. The maximum atomic E-state index is 8.71. The first kappa shape index (κ1) is 8.71. The van der Waals surface area contributed by atoms with Crippen LogP contribution < -0.4 is 0 Å². The van der Waals surface area contributed by atoms with Gasteiger partial charge >= 0.3 is 0 Å². The molecule has 1 aliphatic heterocycles. The molecule has 0 amide bonds. The summed E-state index contributed by atoms with van der Waals surface area (Å²) in [6.45, 7) is 8.16. The van der Waals surface area contributed by atoms with Gasteiger partial charge in [0.15, 0.2) is 0 Å². The van der Waals surface area contributed by atoms with E-state index in [9.17, 15) is 0 Å². The lowest BCUT2D eigenvalue weighted by atomic mass is 10.3. The predicted molar refractivity (Wildman–Crippen MR) is 43.5 cm³/mol. The maximum Gasteiger partial charge on any atom is 0.0651 e. The van der Waals surface area contributed by atoms with Crippen molar-refractivity contribution in [1.82, 2.24) is 4.90 Å². The van der Waals surface area contributed by atoms with Crippen LogP contribution in [-0.4, -0.2) is 49.5 Å². The van der Waals surface area contributed by atoms with Crippen molar-refractivity contribution in [2.45, 2.75) is 0 Å². The van der Waals surface area contributed by atoms with E-state index >= 15 is 0 Å². The van der Waals surface area contributed by atoms with E-state index in [2.05, 4.69) is 11.5 Å². The summed E-state index contributed by atoms with van der Waals surface area (Å²) in [6, 6.07) is 0. The zero-order valence-corrected chi connectivity index (χ0v) is 6.75. The molecule has 3 heteroatoms. The molecule has 1 rings (SSSR count). The van der Waals surface area contributed by atoms with Crippen LogP contribution in [0, 0.1) is 0 Å². The van der Waals surface area contributed by atoms with Gasteiger partial charge in [0.05, 0.1) is 19.8 Å². The Kier molecular flexibility index (Phi) is 3.56. The highest BCUT2D eigenvalue weighted by molar-refractivity contribution is 4.97. The highest BCUT2D eigenvalue weighted by atomic mass is 16.5. The molecule has 0 unspecified atom stereocenters. The van der Waals surface area contributed by atoms with E-state index in [1.54, 1.807) is 0 Å². The third-order valence-electron chi connectivity index (χ3n) is 1.77. The van der Waals surface area contributed by atoms with Crippen LogP contribution in [0.2, 0.25) is 0 Å². The van der Waals surface area contributed by atoms with Gasteiger partial charge in [0.2, 0.25) is 0 Å². The van der Waals surface area contributed by atoms with Crippen molar-refractivity contribution in [3.05, 3.63) is 12.2 Å². The normalized spacial score (nSPS) is 20.1. The summed E-state index contributed by atoms with van der Waals surface area (Å²) in [4.78, 5) is 2.24. The summed E-state index contributed by atoms with van der Waals surface area (Å²) >= 11 is 0. The van der Waals surface area contributed by atoms with Crippen molar-refractivity contribution in [2.24, 2.45) is 0 Å². The summed E-state index contributed by atoms with van der Waals surface area (Å²) in [7, 11) is 0.